The van der Waals surface area contributed by atoms with Gasteiger partial charge in [0.25, 0.3) is 0 Å². The van der Waals surface area contributed by atoms with Gasteiger partial charge in [0.1, 0.15) is 12.4 Å². The molecule has 2 heterocycles. The Balaban J connectivity index is 1.37. The van der Waals surface area contributed by atoms with E-state index in [9.17, 15) is 0 Å². The van der Waals surface area contributed by atoms with E-state index in [4.69, 9.17) is 14.2 Å². The molecule has 9 heteroatoms. The van der Waals surface area contributed by atoms with Gasteiger partial charge < -0.3 is 24.8 Å². The number of hydrogen-bond acceptors (Lipinski definition) is 6. The third kappa shape index (κ3) is 5.32. The normalized spacial score (nSPS) is 19.0. The average molecular weight is 443 g/mol. The fourth-order valence-electron chi connectivity index (χ4n) is 4.40. The van der Waals surface area contributed by atoms with Crippen molar-refractivity contribution in [3.63, 3.8) is 0 Å². The highest BCUT2D eigenvalue weighted by Crippen LogP contribution is 2.34. The first-order valence-electron chi connectivity index (χ1n) is 11.4. The lowest BCUT2D eigenvalue weighted by Crippen LogP contribution is -2.46. The van der Waals surface area contributed by atoms with E-state index in [1.165, 1.54) is 12.8 Å². The van der Waals surface area contributed by atoms with Gasteiger partial charge in [-0.05, 0) is 38.2 Å². The third-order valence-electron chi connectivity index (χ3n) is 6.05. The van der Waals surface area contributed by atoms with E-state index in [2.05, 4.69) is 31.8 Å². The Hall–Kier alpha value is -2.81. The van der Waals surface area contributed by atoms with Gasteiger partial charge in [-0.3, -0.25) is 4.99 Å². The summed E-state index contributed by atoms with van der Waals surface area (Å²) in [5.41, 5.74) is 1.06. The van der Waals surface area contributed by atoms with E-state index in [-0.39, 0.29) is 12.1 Å². The van der Waals surface area contributed by atoms with E-state index in [0.717, 1.165) is 66.9 Å². The molecule has 2 aliphatic rings. The van der Waals surface area contributed by atoms with E-state index in [0.29, 0.717) is 13.2 Å². The number of methoxy groups -OCH3 is 2. The summed E-state index contributed by atoms with van der Waals surface area (Å²) >= 11 is 0. The number of nitrogens with zero attached hydrogens (tertiary/aromatic N) is 4. The van der Waals surface area contributed by atoms with Crippen LogP contribution in [0, 0.1) is 0 Å². The van der Waals surface area contributed by atoms with Gasteiger partial charge in [0.2, 0.25) is 0 Å². The number of aryl methyl sites for hydroxylation is 1. The summed E-state index contributed by atoms with van der Waals surface area (Å²) in [4.78, 5) is 8.97. The van der Waals surface area contributed by atoms with Crippen molar-refractivity contribution in [3.8, 4) is 11.5 Å². The fourth-order valence-corrected chi connectivity index (χ4v) is 4.40. The maximum atomic E-state index is 6.35. The lowest BCUT2D eigenvalue weighted by atomic mass is 10.1. The van der Waals surface area contributed by atoms with Crippen LogP contribution in [0.1, 0.15) is 49.3 Å². The summed E-state index contributed by atoms with van der Waals surface area (Å²) in [7, 11) is 5.14. The number of benzene rings is 1. The zero-order chi connectivity index (χ0) is 22.3. The van der Waals surface area contributed by atoms with Crippen molar-refractivity contribution in [2.45, 2.75) is 70.4 Å². The molecule has 174 valence electrons. The van der Waals surface area contributed by atoms with E-state index < -0.39 is 0 Å². The summed E-state index contributed by atoms with van der Waals surface area (Å²) in [6, 6.07) is 6.26. The van der Waals surface area contributed by atoms with Gasteiger partial charge in [-0.1, -0.05) is 12.1 Å². The number of aromatic nitrogens is 3. The minimum atomic E-state index is 0.227. The number of guanidine groups is 1. The van der Waals surface area contributed by atoms with Crippen LogP contribution < -0.4 is 20.1 Å². The summed E-state index contributed by atoms with van der Waals surface area (Å²) in [5, 5.41) is 11.5. The van der Waals surface area contributed by atoms with E-state index in [1.807, 2.05) is 16.8 Å². The number of ether oxygens (including phenoxy) is 3. The SMILES string of the molecule is CN=C(NCc1cccc(OC)c1OC1CCCC1)NC1CCc2nc(COC)nn2C1. The molecule has 1 aliphatic heterocycles. The maximum Gasteiger partial charge on any atom is 0.191 e. The Morgan fingerprint density at radius 2 is 2.06 bits per heavy atom. The maximum absolute atomic E-state index is 6.35. The third-order valence-corrected chi connectivity index (χ3v) is 6.05. The number of nitrogens with one attached hydrogen (secondary N) is 2. The lowest BCUT2D eigenvalue weighted by molar-refractivity contribution is 0.177. The van der Waals surface area contributed by atoms with Gasteiger partial charge in [-0.15, -0.1) is 0 Å². The molecule has 9 nitrogen and oxygen atoms in total. The topological polar surface area (TPSA) is 94.8 Å². The summed E-state index contributed by atoms with van der Waals surface area (Å²) in [5.74, 6) is 4.12. The molecule has 1 aromatic heterocycles. The van der Waals surface area contributed by atoms with Crippen molar-refractivity contribution >= 4 is 5.96 Å². The highest BCUT2D eigenvalue weighted by atomic mass is 16.5. The molecule has 0 bridgehead atoms. The van der Waals surface area contributed by atoms with Crippen LogP contribution in [0.5, 0.6) is 11.5 Å². The van der Waals surface area contributed by atoms with Crippen molar-refractivity contribution in [2.24, 2.45) is 4.99 Å². The molecule has 0 radical (unpaired) electrons. The van der Waals surface area contributed by atoms with Crippen LogP contribution >= 0.6 is 0 Å². The highest BCUT2D eigenvalue weighted by Gasteiger charge is 2.23. The largest absolute Gasteiger partial charge is 0.493 e. The minimum absolute atomic E-state index is 0.227. The van der Waals surface area contributed by atoms with Crippen LogP contribution in [0.4, 0.5) is 0 Å². The van der Waals surface area contributed by atoms with E-state index in [1.54, 1.807) is 21.3 Å². The molecule has 0 spiro atoms. The first-order chi connectivity index (χ1) is 15.7. The number of rotatable bonds is 8. The molecule has 1 atom stereocenters. The van der Waals surface area contributed by atoms with Crippen molar-refractivity contribution in [3.05, 3.63) is 35.4 Å². The molecule has 2 aromatic rings. The van der Waals surface area contributed by atoms with Crippen molar-refractivity contribution < 1.29 is 14.2 Å². The lowest BCUT2D eigenvalue weighted by Gasteiger charge is -2.25. The molecule has 0 saturated heterocycles. The summed E-state index contributed by atoms with van der Waals surface area (Å²) in [6.07, 6.45) is 6.78. The molecule has 4 rings (SSSR count). The molecule has 32 heavy (non-hydrogen) atoms. The molecular formula is C23H34N6O3. The molecular weight excluding hydrogens is 408 g/mol. The quantitative estimate of drug-likeness (QED) is 0.479. The fraction of sp³-hybridized carbons (Fsp3) is 0.609. The van der Waals surface area contributed by atoms with Crippen molar-refractivity contribution in [1.82, 2.24) is 25.4 Å². The molecule has 1 saturated carbocycles. The zero-order valence-electron chi connectivity index (χ0n) is 19.3. The van der Waals surface area contributed by atoms with E-state index >= 15 is 0 Å². The number of hydrogen-bond donors (Lipinski definition) is 2. The Morgan fingerprint density at radius 1 is 1.22 bits per heavy atom. The predicted molar refractivity (Wildman–Crippen MR) is 122 cm³/mol. The molecule has 1 aromatic carbocycles. The first-order valence-corrected chi connectivity index (χ1v) is 11.4. The second kappa shape index (κ2) is 10.7. The Labute approximate surface area is 189 Å². The second-order valence-corrected chi connectivity index (χ2v) is 8.34. The Morgan fingerprint density at radius 3 is 2.81 bits per heavy atom. The number of para-hydroxylation sites is 1. The van der Waals surface area contributed by atoms with Crippen LogP contribution in [-0.4, -0.2) is 54.1 Å². The van der Waals surface area contributed by atoms with Crippen LogP contribution in [0.2, 0.25) is 0 Å². The molecule has 1 unspecified atom stereocenters. The summed E-state index contributed by atoms with van der Waals surface area (Å²) in [6.45, 7) is 1.78. The van der Waals surface area contributed by atoms with Crippen molar-refractivity contribution in [1.29, 1.82) is 0 Å². The van der Waals surface area contributed by atoms with Gasteiger partial charge in [0.15, 0.2) is 23.3 Å². The average Bonchev–Trinajstić information content (AvgIpc) is 3.46. The van der Waals surface area contributed by atoms with Crippen LogP contribution in [0.3, 0.4) is 0 Å². The van der Waals surface area contributed by atoms with Gasteiger partial charge in [0.05, 0.1) is 19.8 Å². The molecule has 0 amide bonds. The molecule has 1 aliphatic carbocycles. The van der Waals surface area contributed by atoms with Gasteiger partial charge in [0, 0.05) is 38.7 Å². The zero-order valence-corrected chi connectivity index (χ0v) is 19.3. The van der Waals surface area contributed by atoms with Crippen LogP contribution in [0.15, 0.2) is 23.2 Å². The van der Waals surface area contributed by atoms with Gasteiger partial charge >= 0.3 is 0 Å². The number of fused-ring (bicyclic) bond motifs is 1. The van der Waals surface area contributed by atoms with Crippen molar-refractivity contribution in [2.75, 3.05) is 21.3 Å². The first kappa shape index (κ1) is 22.4. The van der Waals surface area contributed by atoms with Crippen LogP contribution in [0.25, 0.3) is 0 Å². The Bertz CT molecular complexity index is 922. The number of aliphatic imine (C=N–C) groups is 1. The summed E-state index contributed by atoms with van der Waals surface area (Å²) < 4.78 is 19.1. The standard InChI is InChI=1S/C23H34N6O3/c1-24-23(26-17-11-12-21-27-20(15-30-2)28-29(21)14-17)25-13-16-7-6-10-19(31-3)22(16)32-18-8-4-5-9-18/h6-7,10,17-18H,4-5,8-9,11-15H2,1-3H3,(H2,24,25,26). The second-order valence-electron chi connectivity index (χ2n) is 8.34. The molecule has 2 N–H and O–H groups in total. The monoisotopic (exact) mass is 442 g/mol. The van der Waals surface area contributed by atoms with Gasteiger partial charge in [-0.2, -0.15) is 5.10 Å². The predicted octanol–water partition coefficient (Wildman–Crippen LogP) is 2.43. The van der Waals surface area contributed by atoms with Gasteiger partial charge in [-0.25, -0.2) is 9.67 Å². The molecule has 1 fully saturated rings. The smallest absolute Gasteiger partial charge is 0.191 e. The van der Waals surface area contributed by atoms with Crippen LogP contribution in [-0.2, 0) is 30.9 Å². The Kier molecular flexibility index (Phi) is 7.47. The highest BCUT2D eigenvalue weighted by molar-refractivity contribution is 5.80. The minimum Gasteiger partial charge on any atom is -0.493 e.